The summed E-state index contributed by atoms with van der Waals surface area (Å²) in [6, 6.07) is 10.4. The van der Waals surface area contributed by atoms with Crippen molar-refractivity contribution in [1.29, 1.82) is 0 Å². The van der Waals surface area contributed by atoms with E-state index in [-0.39, 0.29) is 5.91 Å². The third-order valence-corrected chi connectivity index (χ3v) is 4.10. The molecule has 1 aliphatic rings. The van der Waals surface area contributed by atoms with E-state index in [1.165, 1.54) is 6.20 Å². The van der Waals surface area contributed by atoms with E-state index in [0.29, 0.717) is 48.4 Å². The first kappa shape index (κ1) is 16.7. The summed E-state index contributed by atoms with van der Waals surface area (Å²) < 4.78 is 10.9. The number of amides is 1. The molecule has 0 aliphatic carbocycles. The molecular formula is C17H18ClN3O3. The van der Waals surface area contributed by atoms with Gasteiger partial charge in [-0.15, -0.1) is 0 Å². The number of nitrogens with two attached hydrogens (primary N) is 1. The van der Waals surface area contributed by atoms with Gasteiger partial charge in [-0.1, -0.05) is 11.6 Å². The molecule has 0 atom stereocenters. The number of rotatable bonds is 4. The van der Waals surface area contributed by atoms with E-state index in [1.54, 1.807) is 36.4 Å². The highest BCUT2D eigenvalue weighted by atomic mass is 35.5. The molecule has 1 aromatic carbocycles. The van der Waals surface area contributed by atoms with Gasteiger partial charge in [0.15, 0.2) is 0 Å². The lowest BCUT2D eigenvalue weighted by molar-refractivity contribution is -0.124. The standard InChI is InChI=1S/C17H18ClN3O3/c18-12-1-6-15(20-11-12)24-14-4-2-13(3-5-14)21-16(22)17(19)7-9-23-10-8-17/h1-6,11H,7-10,19H2,(H,21,22). The highest BCUT2D eigenvalue weighted by molar-refractivity contribution is 6.30. The average molecular weight is 348 g/mol. The molecule has 1 aromatic heterocycles. The van der Waals surface area contributed by atoms with Crippen LogP contribution in [-0.2, 0) is 9.53 Å². The molecule has 24 heavy (non-hydrogen) atoms. The molecule has 1 amide bonds. The van der Waals surface area contributed by atoms with Crippen molar-refractivity contribution in [2.45, 2.75) is 18.4 Å². The smallest absolute Gasteiger partial charge is 0.244 e. The Kier molecular flexibility index (Phi) is 4.99. The van der Waals surface area contributed by atoms with Crippen LogP contribution in [0.15, 0.2) is 42.6 Å². The maximum atomic E-state index is 12.4. The number of anilines is 1. The Morgan fingerprint density at radius 3 is 2.54 bits per heavy atom. The Morgan fingerprint density at radius 2 is 1.92 bits per heavy atom. The molecule has 3 rings (SSSR count). The number of carbonyl (C=O) groups is 1. The van der Waals surface area contributed by atoms with Crippen LogP contribution >= 0.6 is 11.6 Å². The van der Waals surface area contributed by atoms with E-state index >= 15 is 0 Å². The maximum absolute atomic E-state index is 12.4. The SMILES string of the molecule is NC1(C(=O)Nc2ccc(Oc3ccc(Cl)cn3)cc2)CCOCC1. The van der Waals surface area contributed by atoms with Crippen molar-refractivity contribution in [3.8, 4) is 11.6 Å². The van der Waals surface area contributed by atoms with Crippen LogP contribution in [0.4, 0.5) is 5.69 Å². The van der Waals surface area contributed by atoms with E-state index in [9.17, 15) is 4.79 Å². The van der Waals surface area contributed by atoms with Gasteiger partial charge in [0.2, 0.25) is 11.8 Å². The van der Waals surface area contributed by atoms with E-state index in [1.807, 2.05) is 0 Å². The lowest BCUT2D eigenvalue weighted by Crippen LogP contribution is -2.54. The predicted molar refractivity (Wildman–Crippen MR) is 91.4 cm³/mol. The number of aromatic nitrogens is 1. The summed E-state index contributed by atoms with van der Waals surface area (Å²) in [6.07, 6.45) is 2.55. The third-order valence-electron chi connectivity index (χ3n) is 3.87. The van der Waals surface area contributed by atoms with Crippen LogP contribution in [0.2, 0.25) is 5.02 Å². The van der Waals surface area contributed by atoms with Crippen LogP contribution in [-0.4, -0.2) is 29.6 Å². The molecule has 1 saturated heterocycles. The van der Waals surface area contributed by atoms with Crippen molar-refractivity contribution in [3.63, 3.8) is 0 Å². The molecule has 3 N–H and O–H groups in total. The van der Waals surface area contributed by atoms with Crippen LogP contribution < -0.4 is 15.8 Å². The fraction of sp³-hybridized carbons (Fsp3) is 0.294. The highest BCUT2D eigenvalue weighted by Crippen LogP contribution is 2.24. The largest absolute Gasteiger partial charge is 0.439 e. The van der Waals surface area contributed by atoms with Crippen molar-refractivity contribution >= 4 is 23.2 Å². The van der Waals surface area contributed by atoms with Gasteiger partial charge >= 0.3 is 0 Å². The molecule has 7 heteroatoms. The summed E-state index contributed by atoms with van der Waals surface area (Å²) in [4.78, 5) is 16.4. The van der Waals surface area contributed by atoms with Crippen LogP contribution in [0.1, 0.15) is 12.8 Å². The zero-order valence-electron chi connectivity index (χ0n) is 13.0. The Balaban J connectivity index is 1.62. The van der Waals surface area contributed by atoms with Gasteiger partial charge in [-0.25, -0.2) is 4.98 Å². The number of hydrogen-bond acceptors (Lipinski definition) is 5. The van der Waals surface area contributed by atoms with Gasteiger partial charge in [0.25, 0.3) is 0 Å². The Morgan fingerprint density at radius 1 is 1.21 bits per heavy atom. The Bertz CT molecular complexity index is 698. The van der Waals surface area contributed by atoms with E-state index in [0.717, 1.165) is 0 Å². The quantitative estimate of drug-likeness (QED) is 0.887. The fourth-order valence-electron chi connectivity index (χ4n) is 2.37. The lowest BCUT2D eigenvalue weighted by atomic mass is 9.90. The minimum atomic E-state index is -0.874. The minimum absolute atomic E-state index is 0.196. The summed E-state index contributed by atoms with van der Waals surface area (Å²) >= 11 is 5.78. The molecule has 0 radical (unpaired) electrons. The number of ether oxygens (including phenoxy) is 2. The van der Waals surface area contributed by atoms with Gasteiger partial charge < -0.3 is 20.5 Å². The molecule has 2 heterocycles. The second-order valence-corrected chi connectivity index (χ2v) is 6.10. The van der Waals surface area contributed by atoms with Gasteiger partial charge in [-0.3, -0.25) is 4.79 Å². The molecule has 126 valence electrons. The second kappa shape index (κ2) is 7.17. The maximum Gasteiger partial charge on any atom is 0.244 e. The van der Waals surface area contributed by atoms with Crippen molar-refractivity contribution in [2.75, 3.05) is 18.5 Å². The van der Waals surface area contributed by atoms with Crippen molar-refractivity contribution in [3.05, 3.63) is 47.6 Å². The molecule has 0 unspecified atom stereocenters. The van der Waals surface area contributed by atoms with Gasteiger partial charge in [0.1, 0.15) is 11.3 Å². The lowest BCUT2D eigenvalue weighted by Gasteiger charge is -2.31. The number of pyridine rings is 1. The molecule has 6 nitrogen and oxygen atoms in total. The number of halogens is 1. The predicted octanol–water partition coefficient (Wildman–Crippen LogP) is 2.97. The number of carbonyl (C=O) groups excluding carboxylic acids is 1. The first-order valence-electron chi connectivity index (χ1n) is 7.63. The van der Waals surface area contributed by atoms with Crippen molar-refractivity contribution in [2.24, 2.45) is 5.73 Å². The third kappa shape index (κ3) is 4.03. The van der Waals surface area contributed by atoms with Crippen LogP contribution in [0.3, 0.4) is 0 Å². The molecule has 1 aliphatic heterocycles. The molecule has 2 aromatic rings. The number of benzene rings is 1. The summed E-state index contributed by atoms with van der Waals surface area (Å²) in [7, 11) is 0. The number of nitrogens with one attached hydrogen (secondary N) is 1. The minimum Gasteiger partial charge on any atom is -0.439 e. The van der Waals surface area contributed by atoms with Crippen molar-refractivity contribution < 1.29 is 14.3 Å². The molecule has 0 bridgehead atoms. The Labute approximate surface area is 144 Å². The zero-order valence-corrected chi connectivity index (χ0v) is 13.8. The molecule has 1 fully saturated rings. The summed E-state index contributed by atoms with van der Waals surface area (Å²) in [5.41, 5.74) is 5.94. The van der Waals surface area contributed by atoms with E-state index < -0.39 is 5.54 Å². The number of hydrogen-bond donors (Lipinski definition) is 2. The summed E-state index contributed by atoms with van der Waals surface area (Å²) in [5, 5.41) is 3.39. The van der Waals surface area contributed by atoms with Crippen LogP contribution in [0, 0.1) is 0 Å². The van der Waals surface area contributed by atoms with Gasteiger partial charge in [-0.05, 0) is 43.2 Å². The van der Waals surface area contributed by atoms with Crippen molar-refractivity contribution in [1.82, 2.24) is 4.98 Å². The van der Waals surface area contributed by atoms with Gasteiger partial charge in [-0.2, -0.15) is 0 Å². The molecule has 0 saturated carbocycles. The first-order valence-corrected chi connectivity index (χ1v) is 8.00. The summed E-state index contributed by atoms with van der Waals surface area (Å²) in [6.45, 7) is 1.01. The molecule has 0 spiro atoms. The molecular weight excluding hydrogens is 330 g/mol. The summed E-state index contributed by atoms with van der Waals surface area (Å²) in [5.74, 6) is 0.856. The monoisotopic (exact) mass is 347 g/mol. The topological polar surface area (TPSA) is 86.5 Å². The van der Waals surface area contributed by atoms with E-state index in [2.05, 4.69) is 10.3 Å². The highest BCUT2D eigenvalue weighted by Gasteiger charge is 2.35. The van der Waals surface area contributed by atoms with Crippen LogP contribution in [0.5, 0.6) is 11.6 Å². The van der Waals surface area contributed by atoms with Gasteiger partial charge in [0.05, 0.1) is 5.02 Å². The van der Waals surface area contributed by atoms with E-state index in [4.69, 9.17) is 26.8 Å². The van der Waals surface area contributed by atoms with Crippen LogP contribution in [0.25, 0.3) is 0 Å². The zero-order chi connectivity index (χ0) is 17.0. The number of nitrogens with zero attached hydrogens (tertiary/aromatic N) is 1. The second-order valence-electron chi connectivity index (χ2n) is 5.66. The van der Waals surface area contributed by atoms with Gasteiger partial charge in [0, 0.05) is 31.2 Å². The Hall–Kier alpha value is -2.15. The fourth-order valence-corrected chi connectivity index (χ4v) is 2.48. The average Bonchev–Trinajstić information content (AvgIpc) is 2.59. The first-order chi connectivity index (χ1) is 11.5. The normalized spacial score (nSPS) is 16.4.